The van der Waals surface area contributed by atoms with Crippen molar-refractivity contribution in [3.63, 3.8) is 0 Å². The van der Waals surface area contributed by atoms with Gasteiger partial charge in [0.25, 0.3) is 0 Å². The molecule has 10 heteroatoms. The fourth-order valence-corrected chi connectivity index (χ4v) is 6.66. The van der Waals surface area contributed by atoms with Gasteiger partial charge in [-0.1, -0.05) is 59.4 Å². The van der Waals surface area contributed by atoms with Gasteiger partial charge in [-0.05, 0) is 81.5 Å². The van der Waals surface area contributed by atoms with Gasteiger partial charge in [0, 0.05) is 0 Å². The van der Waals surface area contributed by atoms with Gasteiger partial charge < -0.3 is 28.4 Å². The molecule has 10 atom stereocenters. The first-order chi connectivity index (χ1) is 17.9. The van der Waals surface area contributed by atoms with Crippen LogP contribution in [0.5, 0.6) is 0 Å². The molecule has 6 aliphatic rings. The van der Waals surface area contributed by atoms with Gasteiger partial charge in [-0.2, -0.15) is 0 Å². The summed E-state index contributed by atoms with van der Waals surface area (Å²) >= 11 is 0. The van der Waals surface area contributed by atoms with Crippen molar-refractivity contribution >= 4 is 23.9 Å². The second-order valence-corrected chi connectivity index (χ2v) is 11.8. The molecule has 2 heterocycles. The number of ether oxygens (including phenoxy) is 6. The van der Waals surface area contributed by atoms with Crippen molar-refractivity contribution in [1.82, 2.24) is 0 Å². The summed E-state index contributed by atoms with van der Waals surface area (Å²) in [6.45, 7) is -0.334. The quantitative estimate of drug-likeness (QED) is 0.138. The minimum Gasteiger partial charge on any atom is -0.463 e. The molecule has 0 radical (unpaired) electrons. The van der Waals surface area contributed by atoms with Crippen LogP contribution in [0, 0.1) is 35.5 Å². The number of hydrogen-bond donors (Lipinski definition) is 0. The lowest BCUT2D eigenvalue weighted by Crippen LogP contribution is -2.39. The van der Waals surface area contributed by atoms with E-state index < -0.39 is 48.9 Å². The third kappa shape index (κ3) is 12.2. The summed E-state index contributed by atoms with van der Waals surface area (Å²) in [6, 6.07) is 0. The lowest BCUT2D eigenvalue weighted by atomic mass is 9.79. The van der Waals surface area contributed by atoms with Crippen molar-refractivity contribution in [2.75, 3.05) is 26.4 Å². The van der Waals surface area contributed by atoms with E-state index >= 15 is 0 Å². The van der Waals surface area contributed by atoms with Crippen LogP contribution < -0.4 is 0 Å². The third-order valence-corrected chi connectivity index (χ3v) is 9.14. The Kier molecular flexibility index (Phi) is 21.1. The van der Waals surface area contributed by atoms with Crippen molar-refractivity contribution in [3.05, 3.63) is 0 Å². The van der Waals surface area contributed by atoms with Crippen LogP contribution in [0.25, 0.3) is 0 Å². The maximum atomic E-state index is 12.8. The van der Waals surface area contributed by atoms with E-state index in [0.29, 0.717) is 37.6 Å². The summed E-state index contributed by atoms with van der Waals surface area (Å²) in [4.78, 5) is 49.8. The molecular formula is C35H68O10. The summed E-state index contributed by atoms with van der Waals surface area (Å²) in [6.07, 6.45) is 8.66. The fraction of sp³-hybridized carbons (Fsp3) is 0.886. The van der Waals surface area contributed by atoms with Gasteiger partial charge in [0.05, 0.1) is 49.5 Å². The Morgan fingerprint density at radius 3 is 1.40 bits per heavy atom. The summed E-state index contributed by atoms with van der Waals surface area (Å²) in [5.41, 5.74) is 0. The van der Waals surface area contributed by atoms with E-state index in [4.69, 9.17) is 28.4 Å². The lowest BCUT2D eigenvalue weighted by molar-refractivity contribution is -0.170. The molecule has 2 saturated heterocycles. The predicted molar refractivity (Wildman–Crippen MR) is 177 cm³/mol. The van der Waals surface area contributed by atoms with E-state index in [1.165, 1.54) is 12.8 Å². The molecule has 10 nitrogen and oxygen atoms in total. The molecule has 10 unspecified atom stereocenters. The van der Waals surface area contributed by atoms with E-state index in [0.717, 1.165) is 43.9 Å². The van der Waals surface area contributed by atoms with Crippen molar-refractivity contribution in [2.24, 2.45) is 35.5 Å². The molecule has 0 bridgehead atoms. The zero-order valence-corrected chi connectivity index (χ0v) is 21.0. The highest BCUT2D eigenvalue weighted by Crippen LogP contribution is 2.51. The van der Waals surface area contributed by atoms with Crippen LogP contribution in [-0.2, 0) is 47.6 Å². The van der Waals surface area contributed by atoms with Crippen LogP contribution in [0.1, 0.15) is 117 Å². The maximum absolute atomic E-state index is 12.8. The summed E-state index contributed by atoms with van der Waals surface area (Å²) < 4.78 is 32.1. The Morgan fingerprint density at radius 2 is 0.911 bits per heavy atom. The molecule has 0 spiro atoms. The van der Waals surface area contributed by atoms with E-state index in [2.05, 4.69) is 0 Å². The molecule has 4 aliphatic carbocycles. The molecule has 0 amide bonds. The standard InChI is InChI=1S/C27H36O10.8CH4/c28-24(32-10-14-1-3-16-7-17(16)5-14)12-34-26(30)18-8-22-23(37-22)9-19(18)27(31)35-13-25(29)33-11-15-2-4-20-21(6-15)36-20;;;;;;;;/h14-23H,1-13H2;8*1H4. The van der Waals surface area contributed by atoms with Crippen LogP contribution >= 0.6 is 0 Å². The average molecular weight is 649 g/mol. The Labute approximate surface area is 274 Å². The van der Waals surface area contributed by atoms with Gasteiger partial charge in [0.15, 0.2) is 13.2 Å². The largest absolute Gasteiger partial charge is 0.463 e. The normalized spacial score (nSPS) is 33.4. The summed E-state index contributed by atoms with van der Waals surface area (Å²) in [5.74, 6) is -1.74. The number of hydrogen-bond acceptors (Lipinski definition) is 10. The van der Waals surface area contributed by atoms with E-state index in [-0.39, 0.29) is 84.1 Å². The van der Waals surface area contributed by atoms with E-state index in [1.54, 1.807) is 0 Å². The van der Waals surface area contributed by atoms with E-state index in [9.17, 15) is 19.2 Å². The number of esters is 4. The van der Waals surface area contributed by atoms with Gasteiger partial charge in [0.1, 0.15) is 0 Å². The number of epoxide rings is 2. The predicted octanol–water partition coefficient (Wildman–Crippen LogP) is 7.05. The third-order valence-electron chi connectivity index (χ3n) is 9.14. The molecule has 0 aromatic heterocycles. The van der Waals surface area contributed by atoms with Crippen molar-refractivity contribution in [1.29, 1.82) is 0 Å². The van der Waals surface area contributed by atoms with Gasteiger partial charge in [-0.25, -0.2) is 9.59 Å². The first-order valence-corrected chi connectivity index (χ1v) is 13.9. The molecule has 4 saturated carbocycles. The molecule has 0 aromatic rings. The smallest absolute Gasteiger partial charge is 0.344 e. The molecule has 2 aliphatic heterocycles. The Morgan fingerprint density at radius 1 is 0.467 bits per heavy atom. The maximum Gasteiger partial charge on any atom is 0.344 e. The first-order valence-electron chi connectivity index (χ1n) is 13.9. The van der Waals surface area contributed by atoms with Crippen LogP contribution in [-0.4, -0.2) is 74.7 Å². The first kappa shape index (κ1) is 47.2. The van der Waals surface area contributed by atoms with Gasteiger partial charge in [-0.15, -0.1) is 0 Å². The molecule has 6 fully saturated rings. The minimum atomic E-state index is -0.795. The molecule has 0 N–H and O–H groups in total. The molecule has 45 heavy (non-hydrogen) atoms. The van der Waals surface area contributed by atoms with E-state index in [1.807, 2.05) is 0 Å². The van der Waals surface area contributed by atoms with Crippen LogP contribution in [0.4, 0.5) is 0 Å². The topological polar surface area (TPSA) is 130 Å². The number of rotatable bonds is 10. The van der Waals surface area contributed by atoms with Crippen molar-refractivity contribution in [3.8, 4) is 0 Å². The highest BCUT2D eigenvalue weighted by Gasteiger charge is 2.54. The number of carbonyl (C=O) groups is 4. The zero-order valence-electron chi connectivity index (χ0n) is 21.0. The minimum absolute atomic E-state index is 0. The average Bonchev–Trinajstić information content (AvgIpc) is 3.79. The summed E-state index contributed by atoms with van der Waals surface area (Å²) in [5, 5.41) is 0. The van der Waals surface area contributed by atoms with Gasteiger partial charge in [0.2, 0.25) is 0 Å². The van der Waals surface area contributed by atoms with Crippen molar-refractivity contribution < 1.29 is 47.6 Å². The van der Waals surface area contributed by atoms with Crippen molar-refractivity contribution in [2.45, 2.75) is 142 Å². The highest BCUT2D eigenvalue weighted by molar-refractivity contribution is 5.85. The Hall–Kier alpha value is -2.20. The highest BCUT2D eigenvalue weighted by atomic mass is 16.6. The second-order valence-electron chi connectivity index (χ2n) is 11.8. The van der Waals surface area contributed by atoms with Gasteiger partial charge >= 0.3 is 23.9 Å². The summed E-state index contributed by atoms with van der Waals surface area (Å²) in [7, 11) is 0. The molecule has 268 valence electrons. The van der Waals surface area contributed by atoms with Crippen LogP contribution in [0.2, 0.25) is 0 Å². The second kappa shape index (κ2) is 20.1. The van der Waals surface area contributed by atoms with Crippen LogP contribution in [0.15, 0.2) is 0 Å². The SMILES string of the molecule is C.C.C.C.C.C.C.C.O=C(COC(=O)C1CC2OC2CC1C(=O)OCC(=O)OCC1CCC2OC2C1)OCC1CCC2CC2C1. The monoisotopic (exact) mass is 648 g/mol. The zero-order chi connectivity index (χ0) is 25.5. The lowest BCUT2D eigenvalue weighted by Gasteiger charge is -2.26. The molecule has 0 aromatic carbocycles. The Balaban J connectivity index is -0.00000220. The van der Waals surface area contributed by atoms with Crippen LogP contribution in [0.3, 0.4) is 0 Å². The molecular weight excluding hydrogens is 580 g/mol. The number of fused-ring (bicyclic) bond motifs is 3. The van der Waals surface area contributed by atoms with Gasteiger partial charge in [-0.3, -0.25) is 9.59 Å². The fourth-order valence-electron chi connectivity index (χ4n) is 6.66. The Bertz CT molecular complexity index is 850. The molecule has 6 rings (SSSR count). The number of carbonyl (C=O) groups excluding carboxylic acids is 4.